The van der Waals surface area contributed by atoms with E-state index in [0.717, 1.165) is 0 Å². The largest absolute Gasteiger partial charge is 0.391 e. The lowest BCUT2D eigenvalue weighted by atomic mass is 9.94. The van der Waals surface area contributed by atoms with Gasteiger partial charge < -0.3 is 25.5 Å². The number of nitrogens with one attached hydrogen (secondary N) is 1. The zero-order valence-corrected chi connectivity index (χ0v) is 6.83. The third-order valence-electron chi connectivity index (χ3n) is 2.88. The van der Waals surface area contributed by atoms with Gasteiger partial charge in [0, 0.05) is 6.42 Å². The van der Waals surface area contributed by atoms with Crippen molar-refractivity contribution < 1.29 is 25.5 Å². The minimum Gasteiger partial charge on any atom is -0.391 e. The van der Waals surface area contributed by atoms with Gasteiger partial charge in [-0.1, -0.05) is 0 Å². The highest BCUT2D eigenvalue weighted by molar-refractivity contribution is 5.11. The predicted octanol–water partition coefficient (Wildman–Crippen LogP) is -3.51. The standard InChI is InChI=1S/C7H13NO5/c9-2-1-7(13)6(12)5(11)4(10)3(2)8-7/h2-6,8-13H,1H2/t2-,3-,4+,5-,6+,7?/m1/s1. The summed E-state index contributed by atoms with van der Waals surface area (Å²) in [6, 6.07) is -0.775. The van der Waals surface area contributed by atoms with Crippen molar-refractivity contribution in [3.05, 3.63) is 0 Å². The molecule has 2 rings (SSSR count). The molecule has 0 spiro atoms. The summed E-state index contributed by atoms with van der Waals surface area (Å²) in [6.45, 7) is 0. The SMILES string of the molecule is O[C@@H]1[C@@H](O)[C@H](O)C2(O)C[C@@H](O)[C@H]1N2. The highest BCUT2D eigenvalue weighted by atomic mass is 16.4. The molecule has 6 nitrogen and oxygen atoms in total. The fourth-order valence-electron chi connectivity index (χ4n) is 2.09. The van der Waals surface area contributed by atoms with E-state index in [1.165, 1.54) is 0 Å². The molecule has 0 aromatic carbocycles. The van der Waals surface area contributed by atoms with Crippen molar-refractivity contribution in [1.82, 2.24) is 5.32 Å². The average molecular weight is 191 g/mol. The Morgan fingerprint density at radius 3 is 2.31 bits per heavy atom. The Morgan fingerprint density at radius 2 is 1.69 bits per heavy atom. The second kappa shape index (κ2) is 2.63. The normalized spacial score (nSPS) is 61.2. The summed E-state index contributed by atoms with van der Waals surface area (Å²) in [5.74, 6) is 0. The summed E-state index contributed by atoms with van der Waals surface area (Å²) in [7, 11) is 0. The van der Waals surface area contributed by atoms with Gasteiger partial charge in [-0.3, -0.25) is 5.32 Å². The second-order valence-corrected chi connectivity index (χ2v) is 3.79. The lowest BCUT2D eigenvalue weighted by molar-refractivity contribution is -0.187. The molecule has 1 unspecified atom stereocenters. The van der Waals surface area contributed by atoms with Crippen LogP contribution in [0.4, 0.5) is 0 Å². The molecule has 2 saturated heterocycles. The van der Waals surface area contributed by atoms with Crippen molar-refractivity contribution in [2.24, 2.45) is 0 Å². The van der Waals surface area contributed by atoms with Crippen LogP contribution in [0.5, 0.6) is 0 Å². The number of hydrogen-bond acceptors (Lipinski definition) is 6. The highest BCUT2D eigenvalue weighted by Gasteiger charge is 2.58. The smallest absolute Gasteiger partial charge is 0.147 e. The van der Waals surface area contributed by atoms with Crippen molar-refractivity contribution in [3.8, 4) is 0 Å². The van der Waals surface area contributed by atoms with Crippen LogP contribution in [0.1, 0.15) is 6.42 Å². The highest BCUT2D eigenvalue weighted by Crippen LogP contribution is 2.34. The van der Waals surface area contributed by atoms with E-state index in [2.05, 4.69) is 5.32 Å². The molecule has 6 heteroatoms. The summed E-state index contributed by atoms with van der Waals surface area (Å²) < 4.78 is 0. The fourth-order valence-corrected chi connectivity index (χ4v) is 2.09. The van der Waals surface area contributed by atoms with Crippen molar-refractivity contribution in [3.63, 3.8) is 0 Å². The van der Waals surface area contributed by atoms with Crippen LogP contribution in [-0.2, 0) is 0 Å². The maximum absolute atomic E-state index is 9.66. The summed E-state index contributed by atoms with van der Waals surface area (Å²) in [4.78, 5) is 0. The zero-order chi connectivity index (χ0) is 9.80. The minimum absolute atomic E-state index is 0.0903. The number of aliphatic hydroxyl groups is 5. The maximum atomic E-state index is 9.66. The first kappa shape index (κ1) is 9.32. The van der Waals surface area contributed by atoms with Crippen LogP contribution >= 0.6 is 0 Å². The summed E-state index contributed by atoms with van der Waals surface area (Å²) in [5.41, 5.74) is -1.68. The number of aliphatic hydroxyl groups excluding tert-OH is 4. The van der Waals surface area contributed by atoms with Crippen LogP contribution in [0.25, 0.3) is 0 Å². The molecule has 0 saturated carbocycles. The minimum atomic E-state index is -1.68. The summed E-state index contributed by atoms with van der Waals surface area (Å²) in [5, 5.41) is 49.6. The molecular formula is C7H13NO5. The second-order valence-electron chi connectivity index (χ2n) is 3.79. The van der Waals surface area contributed by atoms with E-state index in [1.54, 1.807) is 0 Å². The van der Waals surface area contributed by atoms with Gasteiger partial charge in [-0.2, -0.15) is 0 Å². The molecule has 2 bridgehead atoms. The average Bonchev–Trinajstić information content (AvgIpc) is 2.35. The predicted molar refractivity (Wildman–Crippen MR) is 40.5 cm³/mol. The van der Waals surface area contributed by atoms with Crippen molar-refractivity contribution in [1.29, 1.82) is 0 Å². The molecule has 6 atom stereocenters. The van der Waals surface area contributed by atoms with Gasteiger partial charge >= 0.3 is 0 Å². The maximum Gasteiger partial charge on any atom is 0.147 e. The summed E-state index contributed by atoms with van der Waals surface area (Å²) >= 11 is 0. The van der Waals surface area contributed by atoms with E-state index in [0.29, 0.717) is 0 Å². The molecule has 2 aliphatic rings. The molecule has 6 N–H and O–H groups in total. The van der Waals surface area contributed by atoms with Crippen molar-refractivity contribution in [2.75, 3.05) is 0 Å². The molecule has 0 amide bonds. The Morgan fingerprint density at radius 1 is 1.08 bits per heavy atom. The molecule has 0 aromatic heterocycles. The summed E-state index contributed by atoms with van der Waals surface area (Å²) in [6.07, 6.45) is -5.20. The van der Waals surface area contributed by atoms with Crippen LogP contribution in [0.15, 0.2) is 0 Å². The number of rotatable bonds is 0. The lowest BCUT2D eigenvalue weighted by Gasteiger charge is -2.40. The Hall–Kier alpha value is -0.240. The van der Waals surface area contributed by atoms with E-state index in [4.69, 9.17) is 0 Å². The first-order valence-electron chi connectivity index (χ1n) is 4.18. The van der Waals surface area contributed by atoms with Gasteiger partial charge in [0.1, 0.15) is 24.0 Å². The molecule has 2 aliphatic heterocycles. The van der Waals surface area contributed by atoms with Crippen molar-refractivity contribution in [2.45, 2.75) is 42.6 Å². The van der Waals surface area contributed by atoms with Gasteiger partial charge in [0.25, 0.3) is 0 Å². The van der Waals surface area contributed by atoms with Crippen LogP contribution in [0, 0.1) is 0 Å². The van der Waals surface area contributed by atoms with Gasteiger partial charge in [0.15, 0.2) is 0 Å². The molecule has 76 valence electrons. The van der Waals surface area contributed by atoms with Gasteiger partial charge in [0.2, 0.25) is 0 Å². The van der Waals surface area contributed by atoms with Crippen LogP contribution in [-0.4, -0.2) is 61.7 Å². The number of piperidine rings is 1. The van der Waals surface area contributed by atoms with Crippen molar-refractivity contribution >= 4 is 0 Å². The van der Waals surface area contributed by atoms with Crippen LogP contribution < -0.4 is 5.32 Å². The molecule has 0 aromatic rings. The number of hydrogen-bond donors (Lipinski definition) is 6. The van der Waals surface area contributed by atoms with E-state index < -0.39 is 36.2 Å². The third kappa shape index (κ3) is 1.11. The monoisotopic (exact) mass is 191 g/mol. The van der Waals surface area contributed by atoms with Crippen LogP contribution in [0.3, 0.4) is 0 Å². The first-order chi connectivity index (χ1) is 5.96. The Balaban J connectivity index is 2.30. The third-order valence-corrected chi connectivity index (χ3v) is 2.88. The van der Waals surface area contributed by atoms with E-state index >= 15 is 0 Å². The molecule has 2 heterocycles. The molecule has 13 heavy (non-hydrogen) atoms. The van der Waals surface area contributed by atoms with E-state index in [1.807, 2.05) is 0 Å². The fraction of sp³-hybridized carbons (Fsp3) is 1.00. The quantitative estimate of drug-likeness (QED) is 0.237. The molecule has 0 radical (unpaired) electrons. The molecule has 2 fully saturated rings. The zero-order valence-electron chi connectivity index (χ0n) is 6.83. The van der Waals surface area contributed by atoms with Gasteiger partial charge in [-0.25, -0.2) is 0 Å². The Bertz CT molecular complexity index is 219. The van der Waals surface area contributed by atoms with E-state index in [-0.39, 0.29) is 6.42 Å². The Labute approximate surface area is 74.4 Å². The lowest BCUT2D eigenvalue weighted by Crippen LogP contribution is -2.67. The topological polar surface area (TPSA) is 113 Å². The van der Waals surface area contributed by atoms with Gasteiger partial charge in [-0.15, -0.1) is 0 Å². The van der Waals surface area contributed by atoms with E-state index in [9.17, 15) is 25.5 Å². The first-order valence-corrected chi connectivity index (χ1v) is 4.18. The van der Waals surface area contributed by atoms with Crippen LogP contribution in [0.2, 0.25) is 0 Å². The Kier molecular flexibility index (Phi) is 1.88. The van der Waals surface area contributed by atoms with Gasteiger partial charge in [-0.05, 0) is 0 Å². The molecular weight excluding hydrogens is 178 g/mol. The van der Waals surface area contributed by atoms with Gasteiger partial charge in [0.05, 0.1) is 12.1 Å². The number of fused-ring (bicyclic) bond motifs is 2. The molecule has 0 aliphatic carbocycles.